The number of nitrogens with two attached hydrogens (primary N) is 1. The second-order valence-electron chi connectivity index (χ2n) is 10.5. The summed E-state index contributed by atoms with van der Waals surface area (Å²) in [5.74, 6) is 0.366. The highest BCUT2D eigenvalue weighted by Gasteiger charge is 2.30. The van der Waals surface area contributed by atoms with E-state index in [4.69, 9.17) is 15.6 Å². The molecule has 0 spiro atoms. The van der Waals surface area contributed by atoms with Crippen molar-refractivity contribution in [3.8, 4) is 11.3 Å². The number of H-pyrrole nitrogens is 1. The third kappa shape index (κ3) is 4.32. The molecule has 2 fully saturated rings. The number of fused-ring (bicyclic) bond motifs is 2. The van der Waals surface area contributed by atoms with Crippen molar-refractivity contribution in [2.45, 2.75) is 47.8 Å². The molecule has 0 amide bonds. The Kier molecular flexibility index (Phi) is 6.25. The summed E-state index contributed by atoms with van der Waals surface area (Å²) in [6, 6.07) is 14.6. The van der Waals surface area contributed by atoms with Gasteiger partial charge < -0.3 is 15.5 Å². The lowest BCUT2D eigenvalue weighted by Gasteiger charge is -2.38. The predicted molar refractivity (Wildman–Crippen MR) is 150 cm³/mol. The van der Waals surface area contributed by atoms with Crippen molar-refractivity contribution in [2.24, 2.45) is 0 Å². The molecule has 1 aliphatic heterocycles. The van der Waals surface area contributed by atoms with Crippen LogP contribution < -0.4 is 5.73 Å². The average Bonchev–Trinajstić information content (AvgIpc) is 3.61. The van der Waals surface area contributed by atoms with E-state index in [2.05, 4.69) is 24.8 Å². The molecule has 2 aromatic carbocycles. The molecule has 0 radical (unpaired) electrons. The number of hydrogen-bond donors (Lipinski definition) is 2. The fourth-order valence-electron chi connectivity index (χ4n) is 6.03. The molecule has 1 aliphatic carbocycles. The molecular weight excluding hydrogens is 528 g/mol. The van der Waals surface area contributed by atoms with E-state index in [9.17, 15) is 8.42 Å². The lowest BCUT2D eigenvalue weighted by Crippen LogP contribution is -2.45. The van der Waals surface area contributed by atoms with Gasteiger partial charge in [-0.2, -0.15) is 5.10 Å². The highest BCUT2D eigenvalue weighted by molar-refractivity contribution is 7.91. The Morgan fingerprint density at radius 2 is 1.70 bits per heavy atom. The van der Waals surface area contributed by atoms with Gasteiger partial charge in [-0.25, -0.2) is 28.1 Å². The Labute approximate surface area is 231 Å². The molecule has 2 aliphatic rings. The second kappa shape index (κ2) is 9.95. The number of aromatic amines is 1. The van der Waals surface area contributed by atoms with E-state index in [1.807, 2.05) is 16.8 Å². The maximum absolute atomic E-state index is 13.1. The Hall–Kier alpha value is -3.87. The third-order valence-electron chi connectivity index (χ3n) is 8.13. The van der Waals surface area contributed by atoms with Gasteiger partial charge in [-0.15, -0.1) is 0 Å². The van der Waals surface area contributed by atoms with Crippen LogP contribution in [0.25, 0.3) is 33.3 Å². The summed E-state index contributed by atoms with van der Waals surface area (Å²) in [4.78, 5) is 19.0. The molecule has 7 rings (SSSR count). The van der Waals surface area contributed by atoms with Crippen LogP contribution >= 0.6 is 0 Å². The summed E-state index contributed by atoms with van der Waals surface area (Å²) in [6.07, 6.45) is 5.68. The Morgan fingerprint density at radius 3 is 2.48 bits per heavy atom. The Bertz CT molecular complexity index is 1790. The van der Waals surface area contributed by atoms with Gasteiger partial charge in [0.1, 0.15) is 17.8 Å². The van der Waals surface area contributed by atoms with Gasteiger partial charge >= 0.3 is 0 Å². The van der Waals surface area contributed by atoms with Gasteiger partial charge in [-0.1, -0.05) is 24.3 Å². The Morgan fingerprint density at radius 1 is 0.950 bits per heavy atom. The lowest BCUT2D eigenvalue weighted by molar-refractivity contribution is 0.00520. The highest BCUT2D eigenvalue weighted by atomic mass is 32.2. The number of morpholine rings is 1. The van der Waals surface area contributed by atoms with Crippen molar-refractivity contribution in [3.63, 3.8) is 0 Å². The van der Waals surface area contributed by atoms with E-state index in [0.29, 0.717) is 34.0 Å². The molecule has 5 aromatic rings. The minimum atomic E-state index is -3.78. The quantitative estimate of drug-likeness (QED) is 0.330. The van der Waals surface area contributed by atoms with Crippen LogP contribution in [0.5, 0.6) is 0 Å². The number of anilines is 1. The van der Waals surface area contributed by atoms with E-state index in [-0.39, 0.29) is 16.1 Å². The van der Waals surface area contributed by atoms with Crippen molar-refractivity contribution < 1.29 is 13.2 Å². The summed E-state index contributed by atoms with van der Waals surface area (Å²) in [6.45, 7) is 3.62. The largest absolute Gasteiger partial charge is 0.383 e. The van der Waals surface area contributed by atoms with Gasteiger partial charge in [0.2, 0.25) is 15.0 Å². The van der Waals surface area contributed by atoms with Crippen LogP contribution in [-0.2, 0) is 14.6 Å². The molecule has 4 heterocycles. The number of rotatable bonds is 5. The number of nitrogens with zero attached hydrogens (tertiary/aromatic N) is 6. The van der Waals surface area contributed by atoms with Gasteiger partial charge in [-0.05, 0) is 49.9 Å². The monoisotopic (exact) mass is 558 g/mol. The normalized spacial score (nSPS) is 20.8. The zero-order chi connectivity index (χ0) is 27.3. The summed E-state index contributed by atoms with van der Waals surface area (Å²) < 4.78 is 33.8. The van der Waals surface area contributed by atoms with E-state index in [0.717, 1.165) is 63.2 Å². The molecule has 11 nitrogen and oxygen atoms in total. The molecule has 0 atom stereocenters. The fourth-order valence-corrected chi connectivity index (χ4v) is 7.24. The molecule has 206 valence electrons. The minimum Gasteiger partial charge on any atom is -0.383 e. The smallest absolute Gasteiger partial charge is 0.239 e. The van der Waals surface area contributed by atoms with Gasteiger partial charge in [-0.3, -0.25) is 4.90 Å². The predicted octanol–water partition coefficient (Wildman–Crippen LogP) is 3.60. The number of ether oxygens (including phenoxy) is 1. The van der Waals surface area contributed by atoms with E-state index in [1.165, 1.54) is 6.33 Å². The van der Waals surface area contributed by atoms with Crippen LogP contribution in [-0.4, -0.2) is 75.4 Å². The zero-order valence-electron chi connectivity index (χ0n) is 21.9. The van der Waals surface area contributed by atoms with Crippen LogP contribution in [0.2, 0.25) is 0 Å². The number of aromatic nitrogens is 6. The molecule has 0 unspecified atom stereocenters. The summed E-state index contributed by atoms with van der Waals surface area (Å²) in [7, 11) is -3.78. The summed E-state index contributed by atoms with van der Waals surface area (Å²) >= 11 is 0. The average molecular weight is 559 g/mol. The zero-order valence-corrected chi connectivity index (χ0v) is 22.7. The van der Waals surface area contributed by atoms with Gasteiger partial charge in [0.15, 0.2) is 5.65 Å². The number of nitrogens with one attached hydrogen (secondary N) is 1. The number of hydrogen-bond acceptors (Lipinski definition) is 9. The topological polar surface area (TPSA) is 145 Å². The van der Waals surface area contributed by atoms with Crippen molar-refractivity contribution in [2.75, 3.05) is 32.0 Å². The fraction of sp³-hybridized carbons (Fsp3) is 0.357. The van der Waals surface area contributed by atoms with E-state index >= 15 is 0 Å². The molecule has 3 N–H and O–H groups in total. The molecule has 12 heteroatoms. The maximum atomic E-state index is 13.1. The maximum Gasteiger partial charge on any atom is 0.239 e. The SMILES string of the molecule is Nc1ncnc2c1c(-c1ccc3nc(S(=O)(=O)c4ccccc4)[nH]c3c1)nn2C1CCC(N2CCOCC2)CC1. The number of imidazole rings is 1. The minimum absolute atomic E-state index is 0.0962. The molecular formula is C28H30N8O3S. The molecule has 1 saturated heterocycles. The molecule has 0 bridgehead atoms. The second-order valence-corrected chi connectivity index (χ2v) is 12.3. The third-order valence-corrected chi connectivity index (χ3v) is 9.73. The standard InChI is InChI=1S/C28H30N8O3S/c29-26-24-25(18-6-11-22-23(16-18)33-28(32-22)40(37,38)21-4-2-1-3-5-21)34-36(27(24)31-17-30-26)20-9-7-19(8-10-20)35-12-14-39-15-13-35/h1-6,11,16-17,19-20H,7-10,12-15H2,(H,32,33)(H2,29,30,31). The highest BCUT2D eigenvalue weighted by Crippen LogP contribution is 2.37. The van der Waals surface area contributed by atoms with Crippen LogP contribution in [0.1, 0.15) is 31.7 Å². The first-order valence-electron chi connectivity index (χ1n) is 13.6. The molecule has 3 aromatic heterocycles. The lowest BCUT2D eigenvalue weighted by atomic mass is 9.90. The van der Waals surface area contributed by atoms with Gasteiger partial charge in [0.05, 0.1) is 40.6 Å². The van der Waals surface area contributed by atoms with Crippen LogP contribution in [0.4, 0.5) is 5.82 Å². The molecule has 40 heavy (non-hydrogen) atoms. The van der Waals surface area contributed by atoms with Crippen LogP contribution in [0, 0.1) is 0 Å². The first-order chi connectivity index (χ1) is 19.5. The number of nitrogen functional groups attached to an aromatic ring is 1. The summed E-state index contributed by atoms with van der Waals surface area (Å²) in [5, 5.41) is 5.65. The van der Waals surface area contributed by atoms with Crippen molar-refractivity contribution >= 4 is 37.7 Å². The first kappa shape index (κ1) is 25.1. The van der Waals surface area contributed by atoms with Gasteiger partial charge in [0.25, 0.3) is 0 Å². The van der Waals surface area contributed by atoms with Gasteiger partial charge in [0, 0.05) is 24.7 Å². The van der Waals surface area contributed by atoms with E-state index in [1.54, 1.807) is 36.4 Å². The van der Waals surface area contributed by atoms with Crippen LogP contribution in [0.15, 0.2) is 64.9 Å². The first-order valence-corrected chi connectivity index (χ1v) is 15.1. The Balaban J connectivity index is 1.23. The number of benzene rings is 2. The van der Waals surface area contributed by atoms with Crippen molar-refractivity contribution in [1.82, 2.24) is 34.6 Å². The van der Waals surface area contributed by atoms with E-state index < -0.39 is 9.84 Å². The summed E-state index contributed by atoms with van der Waals surface area (Å²) in [5.41, 5.74) is 9.69. The molecule has 1 saturated carbocycles. The van der Waals surface area contributed by atoms with Crippen molar-refractivity contribution in [3.05, 3.63) is 54.9 Å². The van der Waals surface area contributed by atoms with Crippen molar-refractivity contribution in [1.29, 1.82) is 0 Å². The number of sulfone groups is 1. The van der Waals surface area contributed by atoms with Crippen LogP contribution in [0.3, 0.4) is 0 Å².